The van der Waals surface area contributed by atoms with E-state index in [4.69, 9.17) is 4.74 Å². The molecule has 0 saturated carbocycles. The van der Waals surface area contributed by atoms with Gasteiger partial charge >= 0.3 is 6.18 Å². The van der Waals surface area contributed by atoms with Crippen LogP contribution in [0.15, 0.2) is 24.3 Å². The molecule has 1 fully saturated rings. The van der Waals surface area contributed by atoms with Gasteiger partial charge in [0.25, 0.3) is 0 Å². The molecule has 0 radical (unpaired) electrons. The van der Waals surface area contributed by atoms with Gasteiger partial charge in [0.1, 0.15) is 0 Å². The van der Waals surface area contributed by atoms with Crippen LogP contribution in [-0.4, -0.2) is 19.2 Å². The number of hydrogen-bond acceptors (Lipinski definition) is 2. The summed E-state index contributed by atoms with van der Waals surface area (Å²) in [7, 11) is 0. The van der Waals surface area contributed by atoms with Gasteiger partial charge in [-0.05, 0) is 30.0 Å². The van der Waals surface area contributed by atoms with E-state index < -0.39 is 11.7 Å². The third kappa shape index (κ3) is 3.96. The lowest BCUT2D eigenvalue weighted by Crippen LogP contribution is -2.41. The Bertz CT molecular complexity index is 445. The SMILES string of the molecule is CC(C)CC1CNCC(c2cccc(C(F)(F)F)c2)O1. The second-order valence-electron chi connectivity index (χ2n) is 5.66. The molecule has 1 saturated heterocycles. The van der Waals surface area contributed by atoms with E-state index in [1.54, 1.807) is 6.07 Å². The first-order valence-corrected chi connectivity index (χ1v) is 6.89. The highest BCUT2D eigenvalue weighted by Crippen LogP contribution is 2.32. The summed E-state index contributed by atoms with van der Waals surface area (Å²) in [6.07, 6.45) is -3.66. The number of halogens is 3. The van der Waals surface area contributed by atoms with Crippen molar-refractivity contribution in [1.29, 1.82) is 0 Å². The van der Waals surface area contributed by atoms with Gasteiger partial charge in [0, 0.05) is 13.1 Å². The van der Waals surface area contributed by atoms with Gasteiger partial charge in [-0.1, -0.05) is 26.0 Å². The topological polar surface area (TPSA) is 21.3 Å². The molecule has 20 heavy (non-hydrogen) atoms. The van der Waals surface area contributed by atoms with Gasteiger partial charge in [-0.15, -0.1) is 0 Å². The van der Waals surface area contributed by atoms with Crippen LogP contribution >= 0.6 is 0 Å². The molecule has 2 atom stereocenters. The number of ether oxygens (including phenoxy) is 1. The molecule has 5 heteroatoms. The summed E-state index contributed by atoms with van der Waals surface area (Å²) in [5.41, 5.74) is -0.0367. The van der Waals surface area contributed by atoms with Crippen LogP contribution in [0.4, 0.5) is 13.2 Å². The molecule has 1 aromatic carbocycles. The molecule has 2 rings (SSSR count). The van der Waals surface area contributed by atoms with Crippen molar-refractivity contribution in [1.82, 2.24) is 5.32 Å². The average Bonchev–Trinajstić information content (AvgIpc) is 2.37. The number of rotatable bonds is 3. The molecule has 0 aliphatic carbocycles. The number of alkyl halides is 3. The molecular weight excluding hydrogens is 267 g/mol. The molecule has 1 N–H and O–H groups in total. The van der Waals surface area contributed by atoms with Crippen molar-refractivity contribution >= 4 is 0 Å². The minimum Gasteiger partial charge on any atom is -0.368 e. The fourth-order valence-corrected chi connectivity index (χ4v) is 2.48. The summed E-state index contributed by atoms with van der Waals surface area (Å²) in [5.74, 6) is 0.502. The minimum atomic E-state index is -4.31. The van der Waals surface area contributed by atoms with Crippen molar-refractivity contribution < 1.29 is 17.9 Å². The first-order chi connectivity index (χ1) is 9.36. The molecule has 2 nitrogen and oxygen atoms in total. The van der Waals surface area contributed by atoms with Crippen molar-refractivity contribution in [3.05, 3.63) is 35.4 Å². The van der Waals surface area contributed by atoms with E-state index in [1.807, 2.05) is 0 Å². The van der Waals surface area contributed by atoms with Crippen molar-refractivity contribution in [3.63, 3.8) is 0 Å². The fourth-order valence-electron chi connectivity index (χ4n) is 2.48. The molecule has 112 valence electrons. The van der Waals surface area contributed by atoms with E-state index in [0.29, 0.717) is 18.0 Å². The van der Waals surface area contributed by atoms with E-state index in [2.05, 4.69) is 19.2 Å². The van der Waals surface area contributed by atoms with Gasteiger partial charge in [0.15, 0.2) is 0 Å². The summed E-state index contributed by atoms with van der Waals surface area (Å²) in [4.78, 5) is 0. The van der Waals surface area contributed by atoms with Crippen LogP contribution in [0.3, 0.4) is 0 Å². The summed E-state index contributed by atoms with van der Waals surface area (Å²) in [6.45, 7) is 5.53. The highest BCUT2D eigenvalue weighted by atomic mass is 19.4. The Hall–Kier alpha value is -1.07. The van der Waals surface area contributed by atoms with E-state index in [1.165, 1.54) is 12.1 Å². The van der Waals surface area contributed by atoms with Gasteiger partial charge in [0.05, 0.1) is 17.8 Å². The number of benzene rings is 1. The lowest BCUT2D eigenvalue weighted by molar-refractivity contribution is -0.137. The van der Waals surface area contributed by atoms with Gasteiger partial charge in [-0.3, -0.25) is 0 Å². The van der Waals surface area contributed by atoms with Gasteiger partial charge in [0.2, 0.25) is 0 Å². The summed E-state index contributed by atoms with van der Waals surface area (Å²) < 4.78 is 44.1. The molecule has 1 heterocycles. The molecule has 1 aromatic rings. The molecule has 1 aliphatic heterocycles. The van der Waals surface area contributed by atoms with Crippen molar-refractivity contribution in [2.75, 3.05) is 13.1 Å². The first-order valence-electron chi connectivity index (χ1n) is 6.89. The number of hydrogen-bond donors (Lipinski definition) is 1. The molecule has 1 aliphatic rings. The predicted octanol–water partition coefficient (Wildman–Crippen LogP) is 3.78. The van der Waals surface area contributed by atoms with Crippen LogP contribution in [0, 0.1) is 5.92 Å². The molecular formula is C15H20F3NO. The third-order valence-electron chi connectivity index (χ3n) is 3.38. The van der Waals surface area contributed by atoms with Crippen LogP contribution in [0.1, 0.15) is 37.5 Å². The Kier molecular flexibility index (Phi) is 4.70. The van der Waals surface area contributed by atoms with Crippen molar-refractivity contribution in [3.8, 4) is 0 Å². The second kappa shape index (κ2) is 6.14. The van der Waals surface area contributed by atoms with Crippen LogP contribution < -0.4 is 5.32 Å². The fraction of sp³-hybridized carbons (Fsp3) is 0.600. The zero-order valence-electron chi connectivity index (χ0n) is 11.7. The second-order valence-corrected chi connectivity index (χ2v) is 5.66. The summed E-state index contributed by atoms with van der Waals surface area (Å²) >= 11 is 0. The van der Waals surface area contributed by atoms with Crippen LogP contribution in [0.5, 0.6) is 0 Å². The zero-order chi connectivity index (χ0) is 14.8. The van der Waals surface area contributed by atoms with E-state index in [9.17, 15) is 13.2 Å². The number of morpholine rings is 1. The molecule has 2 unspecified atom stereocenters. The normalized spacial score (nSPS) is 24.1. The van der Waals surface area contributed by atoms with Crippen molar-refractivity contribution in [2.45, 2.75) is 38.7 Å². The maximum atomic E-state index is 12.7. The molecule has 0 amide bonds. The monoisotopic (exact) mass is 287 g/mol. The zero-order valence-corrected chi connectivity index (χ0v) is 11.7. The number of nitrogens with one attached hydrogen (secondary N) is 1. The predicted molar refractivity (Wildman–Crippen MR) is 71.4 cm³/mol. The van der Waals surface area contributed by atoms with Gasteiger partial charge < -0.3 is 10.1 Å². The van der Waals surface area contributed by atoms with E-state index in [-0.39, 0.29) is 12.2 Å². The highest BCUT2D eigenvalue weighted by Gasteiger charge is 2.32. The minimum absolute atomic E-state index is 0.0586. The Morgan fingerprint density at radius 2 is 2.05 bits per heavy atom. The Labute approximate surface area is 117 Å². The maximum absolute atomic E-state index is 12.7. The van der Waals surface area contributed by atoms with E-state index in [0.717, 1.165) is 19.0 Å². The lowest BCUT2D eigenvalue weighted by Gasteiger charge is -2.32. The Morgan fingerprint density at radius 1 is 1.30 bits per heavy atom. The van der Waals surface area contributed by atoms with Crippen molar-refractivity contribution in [2.24, 2.45) is 5.92 Å². The molecule has 0 aromatic heterocycles. The smallest absolute Gasteiger partial charge is 0.368 e. The summed E-state index contributed by atoms with van der Waals surface area (Å²) in [5, 5.41) is 3.24. The highest BCUT2D eigenvalue weighted by molar-refractivity contribution is 5.27. The van der Waals surface area contributed by atoms with Gasteiger partial charge in [-0.25, -0.2) is 0 Å². The van der Waals surface area contributed by atoms with Crippen LogP contribution in [-0.2, 0) is 10.9 Å². The molecule has 0 bridgehead atoms. The van der Waals surface area contributed by atoms with Gasteiger partial charge in [-0.2, -0.15) is 13.2 Å². The third-order valence-corrected chi connectivity index (χ3v) is 3.38. The standard InChI is InChI=1S/C15H20F3NO/c1-10(2)6-13-8-19-9-14(20-13)11-4-3-5-12(7-11)15(16,17)18/h3-5,7,10,13-14,19H,6,8-9H2,1-2H3. The maximum Gasteiger partial charge on any atom is 0.416 e. The average molecular weight is 287 g/mol. The largest absolute Gasteiger partial charge is 0.416 e. The lowest BCUT2D eigenvalue weighted by atomic mass is 10.0. The molecule has 0 spiro atoms. The van der Waals surface area contributed by atoms with E-state index >= 15 is 0 Å². The quantitative estimate of drug-likeness (QED) is 0.913. The summed E-state index contributed by atoms with van der Waals surface area (Å²) in [6, 6.07) is 5.41. The Morgan fingerprint density at radius 3 is 2.70 bits per heavy atom. The first kappa shape index (κ1) is 15.3. The van der Waals surface area contributed by atoms with Crippen LogP contribution in [0.2, 0.25) is 0 Å². The Balaban J connectivity index is 2.11. The van der Waals surface area contributed by atoms with Crippen LogP contribution in [0.25, 0.3) is 0 Å².